The fraction of sp³-hybridized carbons (Fsp3) is 0.368. The molecule has 2 aromatic rings. The summed E-state index contributed by atoms with van der Waals surface area (Å²) in [6.07, 6.45) is 0.941. The lowest BCUT2D eigenvalue weighted by atomic mass is 9.85. The molecule has 0 amide bonds. The van der Waals surface area contributed by atoms with Crippen LogP contribution in [-0.4, -0.2) is 10.7 Å². The quantitative estimate of drug-likeness (QED) is 0.870. The van der Waals surface area contributed by atoms with Gasteiger partial charge in [-0.3, -0.25) is 0 Å². The highest BCUT2D eigenvalue weighted by Gasteiger charge is 2.24. The van der Waals surface area contributed by atoms with Crippen LogP contribution in [0.15, 0.2) is 48.5 Å². The lowest BCUT2D eigenvalue weighted by molar-refractivity contribution is 0.105. The molecule has 2 rings (SSSR count). The minimum absolute atomic E-state index is 0.176. The highest BCUT2D eigenvalue weighted by molar-refractivity contribution is 5.41. The smallest absolute Gasteiger partial charge is 0.120 e. The van der Waals surface area contributed by atoms with Crippen LogP contribution >= 0.6 is 0 Å². The SMILES string of the molecule is CCC(C)(C)Oc1ccc(C(C)(N)c2ccc(O)cc2)cc1. The van der Waals surface area contributed by atoms with E-state index in [1.807, 2.05) is 43.3 Å². The van der Waals surface area contributed by atoms with Crippen LogP contribution in [0.4, 0.5) is 0 Å². The van der Waals surface area contributed by atoms with Gasteiger partial charge in [-0.15, -0.1) is 0 Å². The second kappa shape index (κ2) is 6.01. The zero-order chi connectivity index (χ0) is 16.4. The van der Waals surface area contributed by atoms with E-state index in [2.05, 4.69) is 20.8 Å². The van der Waals surface area contributed by atoms with Crippen molar-refractivity contribution >= 4 is 0 Å². The maximum atomic E-state index is 9.40. The summed E-state index contributed by atoms with van der Waals surface area (Å²) in [5.74, 6) is 1.09. The summed E-state index contributed by atoms with van der Waals surface area (Å²) < 4.78 is 5.97. The number of aromatic hydroxyl groups is 1. The van der Waals surface area contributed by atoms with Gasteiger partial charge in [-0.2, -0.15) is 0 Å². The first-order valence-electron chi connectivity index (χ1n) is 7.62. The van der Waals surface area contributed by atoms with Gasteiger partial charge in [0, 0.05) is 0 Å². The number of hydrogen-bond donors (Lipinski definition) is 2. The maximum absolute atomic E-state index is 9.40. The van der Waals surface area contributed by atoms with Gasteiger partial charge in [-0.25, -0.2) is 0 Å². The van der Waals surface area contributed by atoms with E-state index in [1.165, 1.54) is 0 Å². The molecule has 22 heavy (non-hydrogen) atoms. The summed E-state index contributed by atoms with van der Waals surface area (Å²) in [6.45, 7) is 8.22. The van der Waals surface area contributed by atoms with E-state index in [4.69, 9.17) is 10.5 Å². The van der Waals surface area contributed by atoms with Gasteiger partial charge in [0.05, 0.1) is 5.54 Å². The Labute approximate surface area is 132 Å². The molecule has 1 unspecified atom stereocenters. The zero-order valence-corrected chi connectivity index (χ0v) is 13.8. The fourth-order valence-corrected chi connectivity index (χ4v) is 2.23. The van der Waals surface area contributed by atoms with Crippen LogP contribution in [0.2, 0.25) is 0 Å². The molecule has 0 aliphatic rings. The van der Waals surface area contributed by atoms with E-state index in [1.54, 1.807) is 12.1 Å². The molecule has 0 aliphatic heterocycles. The molecule has 0 fully saturated rings. The Morgan fingerprint density at radius 1 is 0.909 bits per heavy atom. The van der Waals surface area contributed by atoms with Gasteiger partial charge >= 0.3 is 0 Å². The number of benzene rings is 2. The van der Waals surface area contributed by atoms with Crippen molar-refractivity contribution in [1.29, 1.82) is 0 Å². The van der Waals surface area contributed by atoms with Crippen LogP contribution in [0, 0.1) is 0 Å². The predicted molar refractivity (Wildman–Crippen MR) is 90.2 cm³/mol. The maximum Gasteiger partial charge on any atom is 0.120 e. The van der Waals surface area contributed by atoms with Crippen LogP contribution in [0.1, 0.15) is 45.2 Å². The van der Waals surface area contributed by atoms with Crippen molar-refractivity contribution in [1.82, 2.24) is 0 Å². The number of nitrogens with two attached hydrogens (primary N) is 1. The summed E-state index contributed by atoms with van der Waals surface area (Å²) in [5, 5.41) is 9.40. The first kappa shape index (κ1) is 16.4. The van der Waals surface area contributed by atoms with Gasteiger partial charge in [0.15, 0.2) is 0 Å². The number of rotatable bonds is 5. The average molecular weight is 299 g/mol. The van der Waals surface area contributed by atoms with Crippen LogP contribution in [0.3, 0.4) is 0 Å². The van der Waals surface area contributed by atoms with Gasteiger partial charge in [0.1, 0.15) is 17.1 Å². The van der Waals surface area contributed by atoms with Crippen molar-refractivity contribution in [2.24, 2.45) is 5.73 Å². The van der Waals surface area contributed by atoms with Crippen molar-refractivity contribution in [2.75, 3.05) is 0 Å². The Kier molecular flexibility index (Phi) is 4.47. The third-order valence-corrected chi connectivity index (χ3v) is 4.17. The number of phenolic OH excluding ortho intramolecular Hbond substituents is 1. The average Bonchev–Trinajstić information content (AvgIpc) is 2.48. The van der Waals surface area contributed by atoms with E-state index >= 15 is 0 Å². The molecule has 0 heterocycles. The standard InChI is InChI=1S/C19H25NO2/c1-5-18(2,3)22-17-12-8-15(9-13-17)19(4,20)14-6-10-16(21)11-7-14/h6-13,21H,5,20H2,1-4H3. The molecule has 1 atom stereocenters. The number of phenols is 1. The summed E-state index contributed by atoms with van der Waals surface area (Å²) in [5.41, 5.74) is 7.65. The van der Waals surface area contributed by atoms with Gasteiger partial charge < -0.3 is 15.6 Å². The highest BCUT2D eigenvalue weighted by atomic mass is 16.5. The lowest BCUT2D eigenvalue weighted by Gasteiger charge is -2.28. The predicted octanol–water partition coefficient (Wildman–Crippen LogP) is 4.18. The fourth-order valence-electron chi connectivity index (χ4n) is 2.23. The van der Waals surface area contributed by atoms with E-state index in [0.29, 0.717) is 0 Å². The minimum atomic E-state index is -0.619. The van der Waals surface area contributed by atoms with Crippen molar-refractivity contribution < 1.29 is 9.84 Å². The second-order valence-corrected chi connectivity index (χ2v) is 6.49. The molecule has 0 saturated heterocycles. The van der Waals surface area contributed by atoms with Crippen molar-refractivity contribution in [2.45, 2.75) is 45.3 Å². The van der Waals surface area contributed by atoms with E-state index in [-0.39, 0.29) is 11.4 Å². The third-order valence-electron chi connectivity index (χ3n) is 4.17. The molecule has 0 spiro atoms. The molecule has 3 nitrogen and oxygen atoms in total. The molecule has 2 aromatic carbocycles. The largest absolute Gasteiger partial charge is 0.508 e. The van der Waals surface area contributed by atoms with E-state index in [9.17, 15) is 5.11 Å². The first-order valence-corrected chi connectivity index (χ1v) is 7.62. The molecule has 0 saturated carbocycles. The topological polar surface area (TPSA) is 55.5 Å². The Bertz CT molecular complexity index is 613. The molecule has 3 N–H and O–H groups in total. The van der Waals surface area contributed by atoms with Crippen LogP contribution in [0.5, 0.6) is 11.5 Å². The first-order chi connectivity index (χ1) is 10.2. The zero-order valence-electron chi connectivity index (χ0n) is 13.8. The Hall–Kier alpha value is -2.00. The van der Waals surface area contributed by atoms with Gasteiger partial charge in [0.25, 0.3) is 0 Å². The summed E-state index contributed by atoms with van der Waals surface area (Å²) in [7, 11) is 0. The molecule has 0 aliphatic carbocycles. The number of ether oxygens (including phenoxy) is 1. The Balaban J connectivity index is 2.23. The molecule has 0 radical (unpaired) electrons. The molecular weight excluding hydrogens is 274 g/mol. The lowest BCUT2D eigenvalue weighted by Crippen LogP contribution is -2.34. The summed E-state index contributed by atoms with van der Waals surface area (Å²) in [4.78, 5) is 0. The van der Waals surface area contributed by atoms with Gasteiger partial charge in [-0.05, 0) is 62.6 Å². The van der Waals surface area contributed by atoms with E-state index in [0.717, 1.165) is 23.3 Å². The monoisotopic (exact) mass is 299 g/mol. The highest BCUT2D eigenvalue weighted by Crippen LogP contribution is 2.30. The van der Waals surface area contributed by atoms with Crippen LogP contribution in [-0.2, 0) is 5.54 Å². The summed E-state index contributed by atoms with van der Waals surface area (Å²) in [6, 6.07) is 14.9. The second-order valence-electron chi connectivity index (χ2n) is 6.49. The third kappa shape index (κ3) is 3.60. The van der Waals surface area contributed by atoms with Gasteiger partial charge in [-0.1, -0.05) is 31.2 Å². The van der Waals surface area contributed by atoms with Crippen molar-refractivity contribution in [3.05, 3.63) is 59.7 Å². The number of hydrogen-bond acceptors (Lipinski definition) is 3. The van der Waals surface area contributed by atoms with Crippen LogP contribution < -0.4 is 10.5 Å². The normalized spacial score (nSPS) is 14.4. The van der Waals surface area contributed by atoms with Crippen molar-refractivity contribution in [3.8, 4) is 11.5 Å². The van der Waals surface area contributed by atoms with Crippen LogP contribution in [0.25, 0.3) is 0 Å². The molecule has 0 bridgehead atoms. The van der Waals surface area contributed by atoms with Crippen molar-refractivity contribution in [3.63, 3.8) is 0 Å². The molecule has 0 aromatic heterocycles. The van der Waals surface area contributed by atoms with Gasteiger partial charge in [0.2, 0.25) is 0 Å². The molecule has 3 heteroatoms. The molecular formula is C19H25NO2. The molecule has 118 valence electrons. The minimum Gasteiger partial charge on any atom is -0.508 e. The summed E-state index contributed by atoms with van der Waals surface area (Å²) >= 11 is 0. The Morgan fingerprint density at radius 3 is 1.82 bits per heavy atom. The Morgan fingerprint density at radius 2 is 1.36 bits per heavy atom. The van der Waals surface area contributed by atoms with E-state index < -0.39 is 5.54 Å².